The SMILES string of the molecule is CNC(Cc1cncc(Br)c1)CC1CCCO1. The Morgan fingerprint density at radius 1 is 1.59 bits per heavy atom. The zero-order valence-corrected chi connectivity index (χ0v) is 11.7. The van der Waals surface area contributed by atoms with Crippen molar-refractivity contribution in [2.75, 3.05) is 13.7 Å². The Kier molecular flexibility index (Phi) is 4.95. The van der Waals surface area contributed by atoms with E-state index in [1.807, 2.05) is 19.4 Å². The number of ether oxygens (including phenoxy) is 1. The number of nitrogens with one attached hydrogen (secondary N) is 1. The molecule has 0 bridgehead atoms. The largest absolute Gasteiger partial charge is 0.378 e. The molecule has 3 nitrogen and oxygen atoms in total. The summed E-state index contributed by atoms with van der Waals surface area (Å²) >= 11 is 3.45. The van der Waals surface area contributed by atoms with Crippen molar-refractivity contribution in [3.8, 4) is 0 Å². The molecule has 1 aliphatic heterocycles. The van der Waals surface area contributed by atoms with E-state index in [9.17, 15) is 0 Å². The van der Waals surface area contributed by atoms with Crippen LogP contribution >= 0.6 is 15.9 Å². The summed E-state index contributed by atoms with van der Waals surface area (Å²) in [6, 6.07) is 2.60. The molecular weight excluding hydrogens is 280 g/mol. The van der Waals surface area contributed by atoms with Crippen LogP contribution in [0.4, 0.5) is 0 Å². The number of pyridine rings is 1. The summed E-state index contributed by atoms with van der Waals surface area (Å²) in [4.78, 5) is 4.20. The zero-order chi connectivity index (χ0) is 12.1. The van der Waals surface area contributed by atoms with Crippen molar-refractivity contribution >= 4 is 15.9 Å². The third-order valence-electron chi connectivity index (χ3n) is 3.22. The van der Waals surface area contributed by atoms with Gasteiger partial charge in [0.15, 0.2) is 0 Å². The minimum absolute atomic E-state index is 0.438. The number of hydrogen-bond donors (Lipinski definition) is 1. The fourth-order valence-corrected chi connectivity index (χ4v) is 2.72. The Morgan fingerprint density at radius 3 is 3.12 bits per heavy atom. The van der Waals surface area contributed by atoms with Gasteiger partial charge in [-0.15, -0.1) is 0 Å². The van der Waals surface area contributed by atoms with E-state index in [-0.39, 0.29) is 0 Å². The third-order valence-corrected chi connectivity index (χ3v) is 3.66. The highest BCUT2D eigenvalue weighted by Gasteiger charge is 2.20. The molecule has 1 N–H and O–H groups in total. The van der Waals surface area contributed by atoms with Crippen LogP contribution in [0.15, 0.2) is 22.9 Å². The van der Waals surface area contributed by atoms with E-state index in [4.69, 9.17) is 4.74 Å². The topological polar surface area (TPSA) is 34.2 Å². The maximum Gasteiger partial charge on any atom is 0.0590 e. The second-order valence-electron chi connectivity index (χ2n) is 4.57. The Labute approximate surface area is 111 Å². The van der Waals surface area contributed by atoms with Gasteiger partial charge < -0.3 is 10.1 Å². The Bertz CT molecular complexity index is 353. The summed E-state index contributed by atoms with van der Waals surface area (Å²) in [6.07, 6.45) is 8.69. The fraction of sp³-hybridized carbons (Fsp3) is 0.615. The maximum atomic E-state index is 5.68. The first-order valence-corrected chi connectivity index (χ1v) is 6.95. The summed E-state index contributed by atoms with van der Waals surface area (Å²) in [6.45, 7) is 0.930. The highest BCUT2D eigenvalue weighted by Crippen LogP contribution is 2.19. The lowest BCUT2D eigenvalue weighted by Crippen LogP contribution is -2.31. The molecule has 0 spiro atoms. The minimum atomic E-state index is 0.438. The molecule has 0 radical (unpaired) electrons. The van der Waals surface area contributed by atoms with Crippen LogP contribution in [0.25, 0.3) is 0 Å². The number of likely N-dealkylation sites (N-methyl/N-ethyl adjacent to an activating group) is 1. The fourth-order valence-electron chi connectivity index (χ4n) is 2.30. The summed E-state index contributed by atoms with van der Waals surface area (Å²) in [7, 11) is 2.02. The lowest BCUT2D eigenvalue weighted by Gasteiger charge is -2.19. The molecular formula is C13H19BrN2O. The highest BCUT2D eigenvalue weighted by molar-refractivity contribution is 9.10. The van der Waals surface area contributed by atoms with Crippen molar-refractivity contribution in [1.29, 1.82) is 0 Å². The Hall–Kier alpha value is -0.450. The molecule has 4 heteroatoms. The van der Waals surface area contributed by atoms with Crippen LogP contribution in [0.5, 0.6) is 0 Å². The van der Waals surface area contributed by atoms with Crippen LogP contribution in [-0.2, 0) is 11.2 Å². The van der Waals surface area contributed by atoms with Gasteiger partial charge in [-0.25, -0.2) is 0 Å². The van der Waals surface area contributed by atoms with Crippen molar-refractivity contribution in [1.82, 2.24) is 10.3 Å². The molecule has 0 amide bonds. The quantitative estimate of drug-likeness (QED) is 0.907. The summed E-state index contributed by atoms with van der Waals surface area (Å²) in [5.74, 6) is 0. The standard InChI is InChI=1S/C13H19BrN2O/c1-15-12(7-13-3-2-4-17-13)6-10-5-11(14)9-16-8-10/h5,8-9,12-13,15H,2-4,6-7H2,1H3. The van der Waals surface area contributed by atoms with Crippen molar-refractivity contribution in [3.63, 3.8) is 0 Å². The van der Waals surface area contributed by atoms with Gasteiger partial charge in [0.1, 0.15) is 0 Å². The maximum absolute atomic E-state index is 5.68. The van der Waals surface area contributed by atoms with Gasteiger partial charge in [0.25, 0.3) is 0 Å². The molecule has 0 aliphatic carbocycles. The summed E-state index contributed by atoms with van der Waals surface area (Å²) < 4.78 is 6.73. The van der Waals surface area contributed by atoms with Gasteiger partial charge in [-0.3, -0.25) is 4.98 Å². The van der Waals surface area contributed by atoms with Crippen LogP contribution in [0, 0.1) is 0 Å². The number of hydrogen-bond acceptors (Lipinski definition) is 3. The first kappa shape index (κ1) is 13.0. The van der Waals surface area contributed by atoms with Gasteiger partial charge in [0.2, 0.25) is 0 Å². The molecule has 1 aliphatic rings. The number of nitrogens with zero attached hydrogens (tertiary/aromatic N) is 1. The van der Waals surface area contributed by atoms with Crippen molar-refractivity contribution in [2.24, 2.45) is 0 Å². The third kappa shape index (κ3) is 4.05. The molecule has 2 atom stereocenters. The van der Waals surface area contributed by atoms with Gasteiger partial charge in [-0.1, -0.05) is 0 Å². The van der Waals surface area contributed by atoms with Crippen LogP contribution in [0.3, 0.4) is 0 Å². The molecule has 1 saturated heterocycles. The van der Waals surface area contributed by atoms with Crippen LogP contribution in [0.2, 0.25) is 0 Å². The van der Waals surface area contributed by atoms with Crippen LogP contribution in [-0.4, -0.2) is 30.8 Å². The number of aromatic nitrogens is 1. The van der Waals surface area contributed by atoms with Gasteiger partial charge in [0.05, 0.1) is 6.10 Å². The van der Waals surface area contributed by atoms with Gasteiger partial charge in [-0.05, 0) is 60.3 Å². The zero-order valence-electron chi connectivity index (χ0n) is 10.2. The van der Waals surface area contributed by atoms with E-state index in [2.05, 4.69) is 32.3 Å². The van der Waals surface area contributed by atoms with E-state index in [0.29, 0.717) is 12.1 Å². The smallest absolute Gasteiger partial charge is 0.0590 e. The van der Waals surface area contributed by atoms with Crippen molar-refractivity contribution in [2.45, 2.75) is 37.8 Å². The minimum Gasteiger partial charge on any atom is -0.378 e. The molecule has 17 heavy (non-hydrogen) atoms. The predicted octanol–water partition coefficient (Wildman–Crippen LogP) is 2.54. The van der Waals surface area contributed by atoms with E-state index in [0.717, 1.165) is 23.9 Å². The van der Waals surface area contributed by atoms with Crippen LogP contribution in [0.1, 0.15) is 24.8 Å². The molecule has 0 saturated carbocycles. The predicted molar refractivity (Wildman–Crippen MR) is 72.1 cm³/mol. The van der Waals surface area contributed by atoms with Crippen molar-refractivity contribution < 1.29 is 4.74 Å². The molecule has 94 valence electrons. The van der Waals surface area contributed by atoms with Gasteiger partial charge in [-0.2, -0.15) is 0 Å². The Balaban J connectivity index is 1.90. The average molecular weight is 299 g/mol. The second kappa shape index (κ2) is 6.47. The molecule has 2 rings (SSSR count). The van der Waals surface area contributed by atoms with E-state index < -0.39 is 0 Å². The first-order chi connectivity index (χ1) is 8.28. The van der Waals surface area contributed by atoms with Crippen LogP contribution < -0.4 is 5.32 Å². The molecule has 1 aromatic heterocycles. The summed E-state index contributed by atoms with van der Waals surface area (Å²) in [5, 5.41) is 3.37. The molecule has 1 aromatic rings. The average Bonchev–Trinajstić information content (AvgIpc) is 2.81. The second-order valence-corrected chi connectivity index (χ2v) is 5.49. The monoisotopic (exact) mass is 298 g/mol. The molecule has 0 aromatic carbocycles. The van der Waals surface area contributed by atoms with E-state index in [1.54, 1.807) is 0 Å². The van der Waals surface area contributed by atoms with Gasteiger partial charge in [0, 0.05) is 29.5 Å². The highest BCUT2D eigenvalue weighted by atomic mass is 79.9. The van der Waals surface area contributed by atoms with Crippen molar-refractivity contribution in [3.05, 3.63) is 28.5 Å². The molecule has 2 unspecified atom stereocenters. The van der Waals surface area contributed by atoms with Gasteiger partial charge >= 0.3 is 0 Å². The first-order valence-electron chi connectivity index (χ1n) is 6.16. The lowest BCUT2D eigenvalue weighted by atomic mass is 10.0. The van der Waals surface area contributed by atoms with E-state index in [1.165, 1.54) is 18.4 Å². The number of halogens is 1. The number of rotatable bonds is 5. The van der Waals surface area contributed by atoms with E-state index >= 15 is 0 Å². The molecule has 1 fully saturated rings. The lowest BCUT2D eigenvalue weighted by molar-refractivity contribution is 0.0954. The summed E-state index contributed by atoms with van der Waals surface area (Å²) in [5.41, 5.74) is 1.26. The molecule has 2 heterocycles. The normalized spacial score (nSPS) is 21.6. The Morgan fingerprint density at radius 2 is 2.47 bits per heavy atom.